The molecule has 1 aliphatic rings. The molecule has 2 aromatic rings. The van der Waals surface area contributed by atoms with Crippen molar-refractivity contribution in [1.29, 1.82) is 0 Å². The van der Waals surface area contributed by atoms with Crippen molar-refractivity contribution in [3.8, 4) is 11.1 Å². The molecule has 0 unspecified atom stereocenters. The van der Waals surface area contributed by atoms with Gasteiger partial charge in [0.2, 0.25) is 0 Å². The molecule has 2 N–H and O–H groups in total. The number of nitrogens with zero attached hydrogens (tertiary/aromatic N) is 1. The van der Waals surface area contributed by atoms with Crippen molar-refractivity contribution < 1.29 is 9.90 Å². The summed E-state index contributed by atoms with van der Waals surface area (Å²) in [5.41, 5.74) is 1.19. The van der Waals surface area contributed by atoms with Crippen LogP contribution in [0.2, 0.25) is 0 Å². The Morgan fingerprint density at radius 1 is 1.25 bits per heavy atom. The molecular weight excluding hydrogens is 256 g/mol. The number of carbonyl (C=O) groups is 1. The first-order valence-corrected chi connectivity index (χ1v) is 6.49. The van der Waals surface area contributed by atoms with E-state index in [4.69, 9.17) is 0 Å². The summed E-state index contributed by atoms with van der Waals surface area (Å²) < 4.78 is 1.50. The van der Waals surface area contributed by atoms with Gasteiger partial charge in [0.25, 0.3) is 5.56 Å². The van der Waals surface area contributed by atoms with Crippen LogP contribution in [0.25, 0.3) is 11.1 Å². The minimum atomic E-state index is -1.03. The van der Waals surface area contributed by atoms with E-state index in [-0.39, 0.29) is 11.1 Å². The number of nitrogens with one attached hydrogen (secondary N) is 1. The molecule has 0 atom stereocenters. The summed E-state index contributed by atoms with van der Waals surface area (Å²) in [6.45, 7) is 1.23. The minimum Gasteiger partial charge on any atom is -0.478 e. The van der Waals surface area contributed by atoms with Gasteiger partial charge in [-0.15, -0.1) is 0 Å². The Labute approximate surface area is 115 Å². The van der Waals surface area contributed by atoms with Gasteiger partial charge in [-0.2, -0.15) is 0 Å². The molecule has 0 fully saturated rings. The first kappa shape index (κ1) is 12.5. The van der Waals surface area contributed by atoms with E-state index in [1.807, 2.05) is 18.2 Å². The quantitative estimate of drug-likeness (QED) is 0.876. The highest BCUT2D eigenvalue weighted by atomic mass is 16.4. The maximum Gasteiger partial charge on any atom is 0.340 e. The van der Waals surface area contributed by atoms with Crippen LogP contribution >= 0.6 is 0 Å². The highest BCUT2D eigenvalue weighted by Crippen LogP contribution is 2.29. The molecule has 5 heteroatoms. The molecule has 0 bridgehead atoms. The fourth-order valence-electron chi connectivity index (χ4n) is 2.56. The maximum atomic E-state index is 12.2. The number of pyridine rings is 1. The number of hydrogen-bond donors (Lipinski definition) is 2. The average molecular weight is 270 g/mol. The van der Waals surface area contributed by atoms with Gasteiger partial charge in [-0.3, -0.25) is 9.36 Å². The SMILES string of the molecule is O=C(O)c1c(-c2ccccc2)cc(=O)n2c1NCCC2. The minimum absolute atomic E-state index is 0.163. The molecule has 20 heavy (non-hydrogen) atoms. The Morgan fingerprint density at radius 2 is 2.00 bits per heavy atom. The predicted octanol–water partition coefficient (Wildman–Crippen LogP) is 2.03. The van der Waals surface area contributed by atoms with Gasteiger partial charge in [0, 0.05) is 24.7 Å². The number of benzene rings is 1. The zero-order chi connectivity index (χ0) is 14.1. The lowest BCUT2D eigenvalue weighted by Crippen LogP contribution is -2.31. The van der Waals surface area contributed by atoms with E-state index in [2.05, 4.69) is 5.32 Å². The zero-order valence-electron chi connectivity index (χ0n) is 10.8. The number of hydrogen-bond acceptors (Lipinski definition) is 3. The number of anilines is 1. The van der Waals surface area contributed by atoms with Crippen LogP contribution in [0, 0.1) is 0 Å². The van der Waals surface area contributed by atoms with E-state index >= 15 is 0 Å². The van der Waals surface area contributed by atoms with Gasteiger partial charge in [0.05, 0.1) is 0 Å². The Kier molecular flexibility index (Phi) is 3.02. The highest BCUT2D eigenvalue weighted by molar-refractivity contribution is 6.01. The van der Waals surface area contributed by atoms with E-state index in [1.165, 1.54) is 10.6 Å². The summed E-state index contributed by atoms with van der Waals surface area (Å²) in [5.74, 6) is -0.614. The van der Waals surface area contributed by atoms with Gasteiger partial charge < -0.3 is 10.4 Å². The first-order chi connectivity index (χ1) is 9.68. The number of carboxylic acid groups (broad SMARTS) is 1. The fraction of sp³-hybridized carbons (Fsp3) is 0.200. The Hall–Kier alpha value is -2.56. The number of carboxylic acids is 1. The predicted molar refractivity (Wildman–Crippen MR) is 76.2 cm³/mol. The van der Waals surface area contributed by atoms with Gasteiger partial charge in [-0.1, -0.05) is 30.3 Å². The summed E-state index contributed by atoms with van der Waals surface area (Å²) in [5, 5.41) is 12.6. The van der Waals surface area contributed by atoms with Crippen molar-refractivity contribution in [1.82, 2.24) is 4.57 Å². The summed E-state index contributed by atoms with van der Waals surface area (Å²) >= 11 is 0. The molecule has 0 amide bonds. The second-order valence-electron chi connectivity index (χ2n) is 4.72. The van der Waals surface area contributed by atoms with Gasteiger partial charge >= 0.3 is 5.97 Å². The number of fused-ring (bicyclic) bond motifs is 1. The lowest BCUT2D eigenvalue weighted by molar-refractivity contribution is 0.0697. The van der Waals surface area contributed by atoms with E-state index in [1.54, 1.807) is 12.1 Å². The largest absolute Gasteiger partial charge is 0.478 e. The lowest BCUT2D eigenvalue weighted by Gasteiger charge is -2.23. The summed E-state index contributed by atoms with van der Waals surface area (Å²) in [6, 6.07) is 10.5. The molecule has 0 saturated carbocycles. The average Bonchev–Trinajstić information content (AvgIpc) is 2.47. The first-order valence-electron chi connectivity index (χ1n) is 6.49. The second kappa shape index (κ2) is 4.85. The summed E-state index contributed by atoms with van der Waals surface area (Å²) in [6.07, 6.45) is 0.816. The normalized spacial score (nSPS) is 13.4. The molecule has 0 aliphatic carbocycles. The van der Waals surface area contributed by atoms with Crippen LogP contribution in [-0.2, 0) is 6.54 Å². The molecule has 1 aromatic carbocycles. The van der Waals surface area contributed by atoms with Crippen molar-refractivity contribution in [3.05, 3.63) is 52.3 Å². The van der Waals surface area contributed by atoms with Crippen molar-refractivity contribution in [2.24, 2.45) is 0 Å². The van der Waals surface area contributed by atoms with Crippen LogP contribution in [0.1, 0.15) is 16.8 Å². The summed E-state index contributed by atoms with van der Waals surface area (Å²) in [4.78, 5) is 23.8. The molecule has 1 aliphatic heterocycles. The maximum absolute atomic E-state index is 12.2. The highest BCUT2D eigenvalue weighted by Gasteiger charge is 2.23. The Bertz CT molecular complexity index is 720. The van der Waals surface area contributed by atoms with Crippen molar-refractivity contribution in [3.63, 3.8) is 0 Å². The van der Waals surface area contributed by atoms with Crippen LogP contribution in [-0.4, -0.2) is 22.2 Å². The van der Waals surface area contributed by atoms with Gasteiger partial charge in [0.15, 0.2) is 0 Å². The van der Waals surface area contributed by atoms with E-state index < -0.39 is 5.97 Å². The number of aromatic nitrogens is 1. The topological polar surface area (TPSA) is 71.3 Å². The van der Waals surface area contributed by atoms with Crippen LogP contribution in [0.3, 0.4) is 0 Å². The van der Waals surface area contributed by atoms with Crippen LogP contribution in [0.15, 0.2) is 41.2 Å². The number of aromatic carboxylic acids is 1. The molecule has 3 rings (SSSR count). The van der Waals surface area contributed by atoms with E-state index in [0.717, 1.165) is 12.0 Å². The molecule has 0 spiro atoms. The van der Waals surface area contributed by atoms with Gasteiger partial charge in [0.1, 0.15) is 11.4 Å². The third kappa shape index (κ3) is 1.97. The molecule has 0 radical (unpaired) electrons. The monoisotopic (exact) mass is 270 g/mol. The smallest absolute Gasteiger partial charge is 0.340 e. The molecule has 102 valence electrons. The lowest BCUT2D eigenvalue weighted by atomic mass is 10.00. The number of rotatable bonds is 2. The second-order valence-corrected chi connectivity index (χ2v) is 4.72. The fourth-order valence-corrected chi connectivity index (χ4v) is 2.56. The van der Waals surface area contributed by atoms with Crippen molar-refractivity contribution in [2.45, 2.75) is 13.0 Å². The van der Waals surface area contributed by atoms with E-state index in [0.29, 0.717) is 24.5 Å². The standard InChI is InChI=1S/C15H14N2O3/c18-12-9-11(10-5-2-1-3-6-10)13(15(19)20)14-16-7-4-8-17(12)14/h1-3,5-6,9,16H,4,7-8H2,(H,19,20). The van der Waals surface area contributed by atoms with Crippen molar-refractivity contribution in [2.75, 3.05) is 11.9 Å². The summed E-state index contributed by atoms with van der Waals surface area (Å²) in [7, 11) is 0. The van der Waals surface area contributed by atoms with Crippen LogP contribution < -0.4 is 10.9 Å². The molecule has 0 saturated heterocycles. The molecular formula is C15H14N2O3. The van der Waals surface area contributed by atoms with Crippen LogP contribution in [0.5, 0.6) is 0 Å². The van der Waals surface area contributed by atoms with Gasteiger partial charge in [-0.25, -0.2) is 4.79 Å². The van der Waals surface area contributed by atoms with Gasteiger partial charge in [-0.05, 0) is 12.0 Å². The molecule has 2 heterocycles. The van der Waals surface area contributed by atoms with Crippen molar-refractivity contribution >= 4 is 11.8 Å². The molecule has 1 aromatic heterocycles. The third-order valence-electron chi connectivity index (χ3n) is 3.46. The molecule has 5 nitrogen and oxygen atoms in total. The van der Waals surface area contributed by atoms with Crippen LogP contribution in [0.4, 0.5) is 5.82 Å². The Balaban J connectivity index is 2.33. The zero-order valence-corrected chi connectivity index (χ0v) is 10.8. The van der Waals surface area contributed by atoms with E-state index in [9.17, 15) is 14.7 Å². The third-order valence-corrected chi connectivity index (χ3v) is 3.46. The Morgan fingerprint density at radius 3 is 2.70 bits per heavy atom.